The zero-order chi connectivity index (χ0) is 13.9. The Kier molecular flexibility index (Phi) is 6.08. The number of rotatable bonds is 6. The molecule has 0 saturated heterocycles. The Bertz CT molecular complexity index is 482. The Balaban J connectivity index is 2.87. The second kappa shape index (κ2) is 6.67. The number of hydrogen-bond acceptors (Lipinski definition) is 4. The molecule has 0 radical (unpaired) electrons. The molecule has 104 valence electrons. The molecule has 0 aliphatic carbocycles. The molecule has 8 heteroatoms. The van der Waals surface area contributed by atoms with Gasteiger partial charge in [0.05, 0.1) is 8.81 Å². The fourth-order valence-electron chi connectivity index (χ4n) is 1.50. The highest BCUT2D eigenvalue weighted by atomic mass is 79.9. The lowest BCUT2D eigenvalue weighted by Crippen LogP contribution is -2.40. The van der Waals surface area contributed by atoms with E-state index in [0.29, 0.717) is 21.1 Å². The predicted molar refractivity (Wildman–Crippen MR) is 79.6 cm³/mol. The molecule has 3 N–H and O–H groups in total. The minimum Gasteiger partial charge on any atom is -0.329 e. The molecule has 1 aromatic rings. The number of hydrogen-bond donors (Lipinski definition) is 2. The second-order valence-electron chi connectivity index (χ2n) is 4.37. The Hall–Kier alpha value is 0.340. The van der Waals surface area contributed by atoms with Gasteiger partial charge in [-0.25, -0.2) is 13.1 Å². The molecular formula is C10H16BrClN2O2S2. The van der Waals surface area contributed by atoms with Gasteiger partial charge in [-0.1, -0.05) is 25.4 Å². The van der Waals surface area contributed by atoms with Crippen LogP contribution in [0.5, 0.6) is 0 Å². The lowest BCUT2D eigenvalue weighted by molar-refractivity contribution is 0.465. The highest BCUT2D eigenvalue weighted by Gasteiger charge is 2.23. The fourth-order valence-corrected chi connectivity index (χ4v) is 5.17. The first-order chi connectivity index (χ1) is 8.26. The predicted octanol–water partition coefficient (Wildman–Crippen LogP) is 2.82. The average molecular weight is 376 g/mol. The lowest BCUT2D eigenvalue weighted by atomic mass is 10.1. The second-order valence-corrected chi connectivity index (χ2v) is 9.09. The van der Waals surface area contributed by atoms with Crippen LogP contribution in [-0.4, -0.2) is 21.0 Å². The molecule has 0 aliphatic rings. The molecule has 0 amide bonds. The van der Waals surface area contributed by atoms with Crippen LogP contribution in [-0.2, 0) is 10.0 Å². The summed E-state index contributed by atoms with van der Waals surface area (Å²) in [5.74, 6) is 0.375. The Morgan fingerprint density at radius 2 is 2.17 bits per heavy atom. The van der Waals surface area contributed by atoms with E-state index in [0.717, 1.165) is 11.3 Å². The van der Waals surface area contributed by atoms with Gasteiger partial charge in [0.15, 0.2) is 0 Å². The summed E-state index contributed by atoms with van der Waals surface area (Å²) >= 11 is 10.1. The van der Waals surface area contributed by atoms with Gasteiger partial charge in [0.2, 0.25) is 10.0 Å². The van der Waals surface area contributed by atoms with Crippen molar-refractivity contribution in [3.63, 3.8) is 0 Å². The van der Waals surface area contributed by atoms with Gasteiger partial charge >= 0.3 is 0 Å². The van der Waals surface area contributed by atoms with Gasteiger partial charge in [0.1, 0.15) is 4.21 Å². The molecule has 1 unspecified atom stereocenters. The van der Waals surface area contributed by atoms with Gasteiger partial charge in [0, 0.05) is 12.6 Å². The molecule has 0 spiro atoms. The molecule has 0 bridgehead atoms. The number of halogens is 2. The van der Waals surface area contributed by atoms with E-state index < -0.39 is 10.0 Å². The van der Waals surface area contributed by atoms with Crippen LogP contribution in [0.15, 0.2) is 14.1 Å². The molecule has 1 atom stereocenters. The molecule has 4 nitrogen and oxygen atoms in total. The number of sulfonamides is 1. The van der Waals surface area contributed by atoms with Crippen molar-refractivity contribution in [2.75, 3.05) is 6.54 Å². The van der Waals surface area contributed by atoms with Crippen LogP contribution in [0.25, 0.3) is 0 Å². The van der Waals surface area contributed by atoms with E-state index in [1.165, 1.54) is 6.07 Å². The fraction of sp³-hybridized carbons (Fsp3) is 0.600. The van der Waals surface area contributed by atoms with Gasteiger partial charge in [0.25, 0.3) is 0 Å². The first-order valence-electron chi connectivity index (χ1n) is 5.43. The first kappa shape index (κ1) is 16.4. The summed E-state index contributed by atoms with van der Waals surface area (Å²) in [6, 6.07) is 1.18. The van der Waals surface area contributed by atoms with E-state index in [1.54, 1.807) is 0 Å². The van der Waals surface area contributed by atoms with Crippen molar-refractivity contribution >= 4 is 48.9 Å². The van der Waals surface area contributed by atoms with Crippen molar-refractivity contribution in [1.82, 2.24) is 4.72 Å². The van der Waals surface area contributed by atoms with Crippen molar-refractivity contribution < 1.29 is 8.42 Å². The van der Waals surface area contributed by atoms with Gasteiger partial charge in [-0.2, -0.15) is 0 Å². The smallest absolute Gasteiger partial charge is 0.250 e. The van der Waals surface area contributed by atoms with Crippen LogP contribution in [0.3, 0.4) is 0 Å². The molecule has 1 rings (SSSR count). The zero-order valence-corrected chi connectivity index (χ0v) is 14.1. The van der Waals surface area contributed by atoms with E-state index in [9.17, 15) is 8.42 Å². The van der Waals surface area contributed by atoms with E-state index in [4.69, 9.17) is 17.3 Å². The summed E-state index contributed by atoms with van der Waals surface area (Å²) in [6.45, 7) is 4.32. The van der Waals surface area contributed by atoms with Crippen molar-refractivity contribution in [3.8, 4) is 0 Å². The maximum Gasteiger partial charge on any atom is 0.250 e. The van der Waals surface area contributed by atoms with Crippen molar-refractivity contribution in [3.05, 3.63) is 14.9 Å². The first-order valence-corrected chi connectivity index (χ1v) is 8.90. The lowest BCUT2D eigenvalue weighted by Gasteiger charge is -2.18. The van der Waals surface area contributed by atoms with Crippen LogP contribution in [0.4, 0.5) is 0 Å². The van der Waals surface area contributed by atoms with Gasteiger partial charge < -0.3 is 5.73 Å². The largest absolute Gasteiger partial charge is 0.329 e. The molecule has 0 aromatic carbocycles. The maximum absolute atomic E-state index is 12.1. The van der Waals surface area contributed by atoms with Crippen LogP contribution in [0.2, 0.25) is 5.02 Å². The van der Waals surface area contributed by atoms with Gasteiger partial charge in [-0.05, 0) is 34.3 Å². The van der Waals surface area contributed by atoms with E-state index in [1.807, 2.05) is 13.8 Å². The van der Waals surface area contributed by atoms with Crippen molar-refractivity contribution in [2.45, 2.75) is 30.5 Å². The highest BCUT2D eigenvalue weighted by molar-refractivity contribution is 9.11. The maximum atomic E-state index is 12.1. The van der Waals surface area contributed by atoms with Crippen LogP contribution < -0.4 is 10.5 Å². The Labute approximate surface area is 125 Å². The molecular weight excluding hydrogens is 360 g/mol. The summed E-state index contributed by atoms with van der Waals surface area (Å²) in [5.41, 5.74) is 5.58. The minimum atomic E-state index is -3.54. The third kappa shape index (κ3) is 4.47. The molecule has 0 saturated carbocycles. The summed E-state index contributed by atoms with van der Waals surface area (Å²) in [7, 11) is -3.54. The Morgan fingerprint density at radius 3 is 2.56 bits per heavy atom. The third-order valence-corrected chi connectivity index (χ3v) is 6.72. The average Bonchev–Trinajstić information content (AvgIpc) is 2.58. The monoisotopic (exact) mass is 374 g/mol. The van der Waals surface area contributed by atoms with Crippen LogP contribution in [0.1, 0.15) is 20.3 Å². The molecule has 18 heavy (non-hydrogen) atoms. The van der Waals surface area contributed by atoms with E-state index in [2.05, 4.69) is 20.7 Å². The zero-order valence-electron chi connectivity index (χ0n) is 10.1. The van der Waals surface area contributed by atoms with E-state index in [-0.39, 0.29) is 16.8 Å². The molecule has 1 heterocycles. The van der Waals surface area contributed by atoms with Gasteiger partial charge in [-0.3, -0.25) is 0 Å². The summed E-state index contributed by atoms with van der Waals surface area (Å²) in [6.07, 6.45) is 0.704. The molecule has 0 aliphatic heterocycles. The highest BCUT2D eigenvalue weighted by Crippen LogP contribution is 2.34. The van der Waals surface area contributed by atoms with Gasteiger partial charge in [-0.15, -0.1) is 11.3 Å². The summed E-state index contributed by atoms with van der Waals surface area (Å²) in [5, 5.41) is 0.397. The third-order valence-electron chi connectivity index (χ3n) is 2.25. The quantitative estimate of drug-likeness (QED) is 0.803. The summed E-state index contributed by atoms with van der Waals surface area (Å²) < 4.78 is 27.6. The minimum absolute atomic E-state index is 0.196. The summed E-state index contributed by atoms with van der Waals surface area (Å²) in [4.78, 5) is 0. The Morgan fingerprint density at radius 1 is 1.56 bits per heavy atom. The topological polar surface area (TPSA) is 72.2 Å². The molecule has 1 aromatic heterocycles. The van der Waals surface area contributed by atoms with Crippen LogP contribution in [0, 0.1) is 5.92 Å². The van der Waals surface area contributed by atoms with Crippen molar-refractivity contribution in [1.29, 1.82) is 0 Å². The van der Waals surface area contributed by atoms with Crippen LogP contribution >= 0.6 is 38.9 Å². The standard InChI is InChI=1S/C10H16BrClN2O2S2/c1-6(2)3-7(5-13)14-18(15,16)9-4-8(12)10(11)17-9/h4,6-7,14H,3,5,13H2,1-2H3. The molecule has 0 fully saturated rings. The van der Waals surface area contributed by atoms with E-state index >= 15 is 0 Å². The number of thiophene rings is 1. The number of nitrogens with one attached hydrogen (secondary N) is 1. The van der Waals surface area contributed by atoms with Crippen molar-refractivity contribution in [2.24, 2.45) is 11.7 Å². The SMILES string of the molecule is CC(C)CC(CN)NS(=O)(=O)c1cc(Cl)c(Br)s1. The number of nitrogens with two attached hydrogens (primary N) is 1. The normalized spacial score (nSPS) is 14.1.